The van der Waals surface area contributed by atoms with E-state index in [2.05, 4.69) is 10.2 Å². The normalized spacial score (nSPS) is 14.6. The van der Waals surface area contributed by atoms with E-state index in [1.54, 1.807) is 0 Å². The van der Waals surface area contributed by atoms with E-state index in [9.17, 15) is 4.79 Å². The topological polar surface area (TPSA) is 32.3 Å². The van der Waals surface area contributed by atoms with Gasteiger partial charge in [0.05, 0.1) is 0 Å². The Balaban J connectivity index is 1.57. The zero-order valence-electron chi connectivity index (χ0n) is 13.1. The maximum absolute atomic E-state index is 12.2. The molecule has 3 rings (SSSR count). The average Bonchev–Trinajstić information content (AvgIpc) is 2.62. The van der Waals surface area contributed by atoms with Crippen molar-refractivity contribution in [3.05, 3.63) is 64.7 Å². The van der Waals surface area contributed by atoms with E-state index in [4.69, 9.17) is 11.6 Å². The third-order valence-electron chi connectivity index (χ3n) is 4.22. The van der Waals surface area contributed by atoms with Crippen molar-refractivity contribution in [3.8, 4) is 0 Å². The van der Waals surface area contributed by atoms with Crippen LogP contribution in [0.2, 0.25) is 5.02 Å². The molecule has 4 heteroatoms. The van der Waals surface area contributed by atoms with Crippen molar-refractivity contribution in [1.82, 2.24) is 5.32 Å². The number of nitrogens with one attached hydrogen (secondary N) is 1. The van der Waals surface area contributed by atoms with E-state index in [0.29, 0.717) is 17.1 Å². The highest BCUT2D eigenvalue weighted by Gasteiger charge is 2.11. The summed E-state index contributed by atoms with van der Waals surface area (Å²) in [5.74, 6) is -0.0508. The molecule has 1 N–H and O–H groups in total. The van der Waals surface area contributed by atoms with Crippen LogP contribution in [0.15, 0.2) is 48.5 Å². The minimum Gasteiger partial charge on any atom is -0.372 e. The maximum atomic E-state index is 12.2. The van der Waals surface area contributed by atoms with Crippen molar-refractivity contribution in [1.29, 1.82) is 0 Å². The van der Waals surface area contributed by atoms with Crippen LogP contribution in [-0.2, 0) is 6.54 Å². The molecular formula is C19H21ClN2O. The molecule has 0 aromatic heterocycles. The third kappa shape index (κ3) is 4.26. The molecule has 1 aliphatic rings. The predicted molar refractivity (Wildman–Crippen MR) is 95.1 cm³/mol. The van der Waals surface area contributed by atoms with Crippen LogP contribution >= 0.6 is 11.6 Å². The Labute approximate surface area is 142 Å². The SMILES string of the molecule is O=C(NCc1ccc(Cl)cc1)c1ccc(N2CCCCC2)cc1. The van der Waals surface area contributed by atoms with Crippen LogP contribution in [0, 0.1) is 0 Å². The van der Waals surface area contributed by atoms with Crippen molar-refractivity contribution in [2.75, 3.05) is 18.0 Å². The lowest BCUT2D eigenvalue weighted by Gasteiger charge is -2.28. The summed E-state index contributed by atoms with van der Waals surface area (Å²) in [6.45, 7) is 2.73. The molecule has 0 aliphatic carbocycles. The monoisotopic (exact) mass is 328 g/mol. The van der Waals surface area contributed by atoms with Gasteiger partial charge in [-0.2, -0.15) is 0 Å². The lowest BCUT2D eigenvalue weighted by atomic mass is 10.1. The summed E-state index contributed by atoms with van der Waals surface area (Å²) in [6.07, 6.45) is 3.83. The summed E-state index contributed by atoms with van der Waals surface area (Å²) in [4.78, 5) is 14.6. The number of anilines is 1. The molecule has 1 amide bonds. The van der Waals surface area contributed by atoms with Crippen LogP contribution in [0.1, 0.15) is 35.2 Å². The fourth-order valence-electron chi connectivity index (χ4n) is 2.86. The second-order valence-electron chi connectivity index (χ2n) is 5.90. The molecule has 0 radical (unpaired) electrons. The molecule has 23 heavy (non-hydrogen) atoms. The summed E-state index contributed by atoms with van der Waals surface area (Å²) >= 11 is 5.86. The molecular weight excluding hydrogens is 308 g/mol. The van der Waals surface area contributed by atoms with Crippen LogP contribution in [0.3, 0.4) is 0 Å². The van der Waals surface area contributed by atoms with Gasteiger partial charge in [0, 0.05) is 35.9 Å². The molecule has 2 aromatic rings. The van der Waals surface area contributed by atoms with E-state index >= 15 is 0 Å². The molecule has 0 atom stereocenters. The number of amides is 1. The first-order valence-electron chi connectivity index (χ1n) is 8.10. The van der Waals surface area contributed by atoms with Gasteiger partial charge in [-0.05, 0) is 61.2 Å². The third-order valence-corrected chi connectivity index (χ3v) is 4.47. The van der Waals surface area contributed by atoms with E-state index in [1.807, 2.05) is 48.5 Å². The summed E-state index contributed by atoms with van der Waals surface area (Å²) in [5, 5.41) is 3.64. The molecule has 0 saturated carbocycles. The highest BCUT2D eigenvalue weighted by atomic mass is 35.5. The quantitative estimate of drug-likeness (QED) is 0.909. The lowest BCUT2D eigenvalue weighted by molar-refractivity contribution is 0.0951. The fourth-order valence-corrected chi connectivity index (χ4v) is 2.99. The number of hydrogen-bond acceptors (Lipinski definition) is 2. The second-order valence-corrected chi connectivity index (χ2v) is 6.34. The van der Waals surface area contributed by atoms with Crippen molar-refractivity contribution in [2.45, 2.75) is 25.8 Å². The van der Waals surface area contributed by atoms with E-state index < -0.39 is 0 Å². The summed E-state index contributed by atoms with van der Waals surface area (Å²) in [5.41, 5.74) is 2.94. The van der Waals surface area contributed by atoms with Crippen molar-refractivity contribution < 1.29 is 4.79 Å². The molecule has 0 spiro atoms. The molecule has 0 bridgehead atoms. The Hall–Kier alpha value is -2.00. The van der Waals surface area contributed by atoms with Gasteiger partial charge in [0.1, 0.15) is 0 Å². The van der Waals surface area contributed by atoms with E-state index in [-0.39, 0.29) is 5.91 Å². The van der Waals surface area contributed by atoms with Gasteiger partial charge in [0.2, 0.25) is 0 Å². The largest absolute Gasteiger partial charge is 0.372 e. The first-order chi connectivity index (χ1) is 11.2. The van der Waals surface area contributed by atoms with Gasteiger partial charge >= 0.3 is 0 Å². The van der Waals surface area contributed by atoms with Crippen LogP contribution in [0.25, 0.3) is 0 Å². The molecule has 2 aromatic carbocycles. The minimum atomic E-state index is -0.0508. The van der Waals surface area contributed by atoms with Crippen LogP contribution < -0.4 is 10.2 Å². The zero-order valence-corrected chi connectivity index (χ0v) is 13.9. The molecule has 1 fully saturated rings. The number of carbonyl (C=O) groups is 1. The maximum Gasteiger partial charge on any atom is 0.251 e. The van der Waals surface area contributed by atoms with E-state index in [0.717, 1.165) is 18.7 Å². The Bertz CT molecular complexity index is 646. The van der Waals surface area contributed by atoms with Gasteiger partial charge in [-0.1, -0.05) is 23.7 Å². The Kier molecular flexibility index (Phi) is 5.19. The number of rotatable bonds is 4. The van der Waals surface area contributed by atoms with Crippen LogP contribution in [-0.4, -0.2) is 19.0 Å². The molecule has 0 unspecified atom stereocenters. The Morgan fingerprint density at radius 1 is 0.957 bits per heavy atom. The first kappa shape index (κ1) is 15.9. The number of benzene rings is 2. The summed E-state index contributed by atoms with van der Waals surface area (Å²) < 4.78 is 0. The number of carbonyl (C=O) groups excluding carboxylic acids is 1. The molecule has 1 heterocycles. The van der Waals surface area contributed by atoms with Gasteiger partial charge in [0.15, 0.2) is 0 Å². The number of piperidine rings is 1. The molecule has 1 saturated heterocycles. The van der Waals surface area contributed by atoms with Gasteiger partial charge in [-0.15, -0.1) is 0 Å². The van der Waals surface area contributed by atoms with Crippen molar-refractivity contribution >= 4 is 23.2 Å². The van der Waals surface area contributed by atoms with Gasteiger partial charge < -0.3 is 10.2 Å². The second kappa shape index (κ2) is 7.51. The van der Waals surface area contributed by atoms with Gasteiger partial charge in [0.25, 0.3) is 5.91 Å². The average molecular weight is 329 g/mol. The van der Waals surface area contributed by atoms with Crippen molar-refractivity contribution in [3.63, 3.8) is 0 Å². The summed E-state index contributed by atoms with van der Waals surface area (Å²) in [7, 11) is 0. The lowest BCUT2D eigenvalue weighted by Crippen LogP contribution is -2.29. The van der Waals surface area contributed by atoms with Gasteiger partial charge in [-0.3, -0.25) is 4.79 Å². The Morgan fingerprint density at radius 2 is 1.61 bits per heavy atom. The standard InChI is InChI=1S/C19H21ClN2O/c20-17-8-4-15(5-9-17)14-21-19(23)16-6-10-18(11-7-16)22-12-2-1-3-13-22/h4-11H,1-3,12-14H2,(H,21,23). The zero-order chi connectivity index (χ0) is 16.1. The Morgan fingerprint density at radius 3 is 2.26 bits per heavy atom. The first-order valence-corrected chi connectivity index (χ1v) is 8.48. The molecule has 3 nitrogen and oxygen atoms in total. The number of nitrogens with zero attached hydrogens (tertiary/aromatic N) is 1. The summed E-state index contributed by atoms with van der Waals surface area (Å²) in [6, 6.07) is 15.4. The molecule has 120 valence electrons. The highest BCUT2D eigenvalue weighted by Crippen LogP contribution is 2.20. The van der Waals surface area contributed by atoms with Crippen molar-refractivity contribution in [2.24, 2.45) is 0 Å². The van der Waals surface area contributed by atoms with Crippen LogP contribution in [0.5, 0.6) is 0 Å². The highest BCUT2D eigenvalue weighted by molar-refractivity contribution is 6.30. The number of halogens is 1. The predicted octanol–water partition coefficient (Wildman–Crippen LogP) is 4.26. The van der Waals surface area contributed by atoms with E-state index in [1.165, 1.54) is 24.9 Å². The number of hydrogen-bond donors (Lipinski definition) is 1. The minimum absolute atomic E-state index is 0.0508. The van der Waals surface area contributed by atoms with Crippen LogP contribution in [0.4, 0.5) is 5.69 Å². The van der Waals surface area contributed by atoms with Gasteiger partial charge in [-0.25, -0.2) is 0 Å². The molecule has 1 aliphatic heterocycles. The smallest absolute Gasteiger partial charge is 0.251 e. The fraction of sp³-hybridized carbons (Fsp3) is 0.316.